The highest BCUT2D eigenvalue weighted by Gasteiger charge is 2.20. The zero-order valence-corrected chi connectivity index (χ0v) is 16.2. The monoisotopic (exact) mass is 378 g/mol. The first-order chi connectivity index (χ1) is 14.3. The Morgan fingerprint density at radius 1 is 0.828 bits per heavy atom. The summed E-state index contributed by atoms with van der Waals surface area (Å²) in [4.78, 5) is 16.8. The molecule has 1 aromatic heterocycles. The lowest BCUT2D eigenvalue weighted by Crippen LogP contribution is -2.14. The minimum absolute atomic E-state index is 0.143. The molecule has 0 fully saturated rings. The van der Waals surface area contributed by atoms with Gasteiger partial charge in [0.1, 0.15) is 5.82 Å². The summed E-state index contributed by atoms with van der Waals surface area (Å²) in [7, 11) is 0. The van der Waals surface area contributed by atoms with E-state index >= 15 is 0 Å². The van der Waals surface area contributed by atoms with Crippen LogP contribution in [-0.4, -0.2) is 9.55 Å². The van der Waals surface area contributed by atoms with Crippen LogP contribution in [0, 0.1) is 0 Å². The first-order valence-electron chi connectivity index (χ1n) is 10.1. The molecule has 3 heteroatoms. The van der Waals surface area contributed by atoms with Gasteiger partial charge in [-0.2, -0.15) is 4.98 Å². The molecule has 1 aliphatic rings. The molecule has 0 radical (unpaired) electrons. The largest absolute Gasteiger partial charge is 0.325 e. The predicted molar refractivity (Wildman–Crippen MR) is 119 cm³/mol. The van der Waals surface area contributed by atoms with E-state index in [1.54, 1.807) is 0 Å². The predicted octanol–water partition coefficient (Wildman–Crippen LogP) is 5.13. The van der Waals surface area contributed by atoms with Gasteiger partial charge >= 0.3 is 0 Å². The van der Waals surface area contributed by atoms with Crippen LogP contribution in [0.25, 0.3) is 22.6 Å². The van der Waals surface area contributed by atoms with Crippen molar-refractivity contribution in [2.75, 3.05) is 0 Å². The summed E-state index contributed by atoms with van der Waals surface area (Å²) in [5.41, 5.74) is 5.82. The minimum Gasteiger partial charge on any atom is -0.325 e. The first kappa shape index (κ1) is 17.6. The van der Waals surface area contributed by atoms with Crippen molar-refractivity contribution in [2.24, 2.45) is 0 Å². The van der Waals surface area contributed by atoms with E-state index < -0.39 is 0 Å². The number of hydrogen-bond acceptors (Lipinski definition) is 2. The molecule has 0 bridgehead atoms. The van der Waals surface area contributed by atoms with Crippen LogP contribution in [0.4, 0.5) is 0 Å². The Balaban J connectivity index is 1.39. The molecule has 0 saturated heterocycles. The van der Waals surface area contributed by atoms with E-state index in [2.05, 4.69) is 70.2 Å². The zero-order chi connectivity index (χ0) is 19.6. The molecule has 3 nitrogen and oxygen atoms in total. The van der Waals surface area contributed by atoms with Crippen molar-refractivity contribution in [1.82, 2.24) is 9.55 Å². The van der Waals surface area contributed by atoms with Crippen molar-refractivity contribution in [1.29, 1.82) is 0 Å². The number of para-hydroxylation sites is 1. The highest BCUT2D eigenvalue weighted by molar-refractivity contribution is 5.85. The van der Waals surface area contributed by atoms with Gasteiger partial charge in [-0.05, 0) is 59.7 Å². The second-order valence-corrected chi connectivity index (χ2v) is 7.56. The summed E-state index contributed by atoms with van der Waals surface area (Å²) < 4.78 is 2.16. The Bertz CT molecular complexity index is 1250. The van der Waals surface area contributed by atoms with Crippen LogP contribution in [-0.2, 0) is 19.4 Å². The van der Waals surface area contributed by atoms with Gasteiger partial charge in [-0.3, -0.25) is 4.79 Å². The first-order valence-corrected chi connectivity index (χ1v) is 10.1. The molecular formula is C26H22N2O. The van der Waals surface area contributed by atoms with Crippen molar-refractivity contribution in [3.05, 3.63) is 112 Å². The highest BCUT2D eigenvalue weighted by Crippen LogP contribution is 2.29. The lowest BCUT2D eigenvalue weighted by Gasteiger charge is -2.07. The Morgan fingerprint density at radius 3 is 2.31 bits per heavy atom. The minimum atomic E-state index is -0.143. The van der Waals surface area contributed by atoms with Crippen molar-refractivity contribution in [3.8, 4) is 0 Å². The van der Waals surface area contributed by atoms with Crippen molar-refractivity contribution in [3.63, 3.8) is 0 Å². The maximum atomic E-state index is 12.4. The molecule has 29 heavy (non-hydrogen) atoms. The average molecular weight is 378 g/mol. The second kappa shape index (κ2) is 7.51. The van der Waals surface area contributed by atoms with Crippen LogP contribution in [0.2, 0.25) is 0 Å². The van der Waals surface area contributed by atoms with E-state index in [1.807, 2.05) is 24.3 Å². The van der Waals surface area contributed by atoms with Crippen molar-refractivity contribution >= 4 is 22.6 Å². The number of aryl methyl sites for hydroxylation is 3. The average Bonchev–Trinajstić information content (AvgIpc) is 3.17. The Kier molecular flexibility index (Phi) is 4.57. The van der Waals surface area contributed by atoms with Gasteiger partial charge in [-0.15, -0.1) is 0 Å². The lowest BCUT2D eigenvalue weighted by atomic mass is 10.0. The SMILES string of the molecule is O=c1nc2n(c3ccccc13)CC/C2=C/c1ccc(CCc2ccccc2)cc1. The highest BCUT2D eigenvalue weighted by atomic mass is 16.1. The van der Waals surface area contributed by atoms with E-state index in [9.17, 15) is 4.79 Å². The Hall–Kier alpha value is -3.46. The number of hydrogen-bond donors (Lipinski definition) is 0. The molecule has 1 aliphatic heterocycles. The molecule has 0 spiro atoms. The Labute approximate surface area is 170 Å². The van der Waals surface area contributed by atoms with Crippen LogP contribution in [0.5, 0.6) is 0 Å². The molecule has 142 valence electrons. The van der Waals surface area contributed by atoms with Crippen LogP contribution in [0.1, 0.15) is 28.9 Å². The topological polar surface area (TPSA) is 34.9 Å². The molecule has 0 aliphatic carbocycles. The van der Waals surface area contributed by atoms with Gasteiger partial charge < -0.3 is 4.57 Å². The number of aromatic nitrogens is 2. The summed E-state index contributed by atoms with van der Waals surface area (Å²) in [6.45, 7) is 0.865. The van der Waals surface area contributed by atoms with E-state index in [4.69, 9.17) is 0 Å². The van der Waals surface area contributed by atoms with Gasteiger partial charge in [-0.25, -0.2) is 0 Å². The summed E-state index contributed by atoms with van der Waals surface area (Å²) in [6, 6.07) is 27.0. The number of fused-ring (bicyclic) bond motifs is 3. The van der Waals surface area contributed by atoms with Gasteiger partial charge in [0.15, 0.2) is 0 Å². The molecule has 0 N–H and O–H groups in total. The molecular weight excluding hydrogens is 356 g/mol. The third kappa shape index (κ3) is 3.52. The molecule has 3 aromatic carbocycles. The second-order valence-electron chi connectivity index (χ2n) is 7.56. The van der Waals surface area contributed by atoms with Gasteiger partial charge in [0, 0.05) is 6.54 Å². The van der Waals surface area contributed by atoms with E-state index in [-0.39, 0.29) is 5.56 Å². The van der Waals surface area contributed by atoms with Crippen LogP contribution in [0.15, 0.2) is 83.7 Å². The fourth-order valence-corrected chi connectivity index (χ4v) is 4.09. The van der Waals surface area contributed by atoms with E-state index in [0.29, 0.717) is 5.39 Å². The number of nitrogens with zero attached hydrogens (tertiary/aromatic N) is 2. The number of benzene rings is 3. The van der Waals surface area contributed by atoms with Gasteiger partial charge in [0.2, 0.25) is 0 Å². The molecule has 0 amide bonds. The summed E-state index contributed by atoms with van der Waals surface area (Å²) in [6.07, 6.45) is 5.15. The standard InChI is InChI=1S/C26H22N2O/c29-26-23-8-4-5-9-24(23)28-17-16-22(25(28)27-26)18-21-14-12-20(13-15-21)11-10-19-6-2-1-3-7-19/h1-9,12-15,18H,10-11,16-17H2/b22-18-. The maximum Gasteiger partial charge on any atom is 0.281 e. The van der Waals surface area contributed by atoms with Crippen molar-refractivity contribution in [2.45, 2.75) is 25.8 Å². The molecule has 0 saturated carbocycles. The number of rotatable bonds is 4. The Morgan fingerprint density at radius 2 is 1.52 bits per heavy atom. The summed E-state index contributed by atoms with van der Waals surface area (Å²) in [5, 5.41) is 0.695. The third-order valence-electron chi connectivity index (χ3n) is 5.65. The quantitative estimate of drug-likeness (QED) is 0.494. The summed E-state index contributed by atoms with van der Waals surface area (Å²) in [5.74, 6) is 0.807. The van der Waals surface area contributed by atoms with Gasteiger partial charge in [-0.1, -0.05) is 66.7 Å². The van der Waals surface area contributed by atoms with Crippen molar-refractivity contribution < 1.29 is 0 Å². The fraction of sp³-hybridized carbons (Fsp3) is 0.154. The number of allylic oxidation sites excluding steroid dienone is 1. The van der Waals surface area contributed by atoms with Gasteiger partial charge in [0.05, 0.1) is 10.9 Å². The smallest absolute Gasteiger partial charge is 0.281 e. The zero-order valence-electron chi connectivity index (χ0n) is 16.2. The van der Waals surface area contributed by atoms with E-state index in [1.165, 1.54) is 11.1 Å². The molecule has 4 aromatic rings. The molecule has 5 rings (SSSR count). The molecule has 2 heterocycles. The van der Waals surface area contributed by atoms with Crippen LogP contribution >= 0.6 is 0 Å². The fourth-order valence-electron chi connectivity index (χ4n) is 4.09. The summed E-state index contributed by atoms with van der Waals surface area (Å²) >= 11 is 0. The normalized spacial score (nSPS) is 14.4. The molecule has 0 atom stereocenters. The van der Waals surface area contributed by atoms with Crippen LogP contribution in [0.3, 0.4) is 0 Å². The van der Waals surface area contributed by atoms with Gasteiger partial charge in [0.25, 0.3) is 5.56 Å². The maximum absolute atomic E-state index is 12.4. The van der Waals surface area contributed by atoms with E-state index in [0.717, 1.165) is 48.3 Å². The third-order valence-corrected chi connectivity index (χ3v) is 5.65. The molecule has 0 unspecified atom stereocenters. The lowest BCUT2D eigenvalue weighted by molar-refractivity contribution is 0.772. The van der Waals surface area contributed by atoms with Crippen LogP contribution < -0.4 is 5.56 Å².